The van der Waals surface area contributed by atoms with Crippen molar-refractivity contribution in [2.45, 2.75) is 19.5 Å². The normalized spacial score (nSPS) is 16.1. The van der Waals surface area contributed by atoms with Crippen LogP contribution in [0.1, 0.15) is 12.1 Å². The number of aryl methyl sites for hydroxylation is 1. The van der Waals surface area contributed by atoms with Gasteiger partial charge in [-0.15, -0.1) is 0 Å². The molecule has 1 amide bonds. The summed E-state index contributed by atoms with van der Waals surface area (Å²) in [4.78, 5) is 21.3. The highest BCUT2D eigenvalue weighted by atomic mass is 16.2. The Hall–Kier alpha value is -2.67. The van der Waals surface area contributed by atoms with E-state index in [9.17, 15) is 4.79 Å². The quantitative estimate of drug-likeness (QED) is 0.714. The lowest BCUT2D eigenvalue weighted by molar-refractivity contribution is -0.131. The number of imidazole rings is 1. The Balaban J connectivity index is 1.37. The summed E-state index contributed by atoms with van der Waals surface area (Å²) in [5.74, 6) is 0.140. The van der Waals surface area contributed by atoms with Crippen LogP contribution in [-0.2, 0) is 24.9 Å². The summed E-state index contributed by atoms with van der Waals surface area (Å²) < 4.78 is 3.85. The average molecular weight is 352 g/mol. The molecule has 136 valence electrons. The lowest BCUT2D eigenvalue weighted by atomic mass is 10.2. The van der Waals surface area contributed by atoms with Crippen molar-refractivity contribution in [3.05, 3.63) is 48.7 Å². The topological polar surface area (TPSA) is 59.2 Å². The summed E-state index contributed by atoms with van der Waals surface area (Å²) in [6.07, 6.45) is 6.55. The molecule has 0 unspecified atom stereocenters. The number of carbonyl (C=O) groups excluding carboxylic acids is 1. The molecule has 1 aliphatic heterocycles. The zero-order valence-electron chi connectivity index (χ0n) is 15.1. The molecule has 1 aliphatic rings. The molecule has 26 heavy (non-hydrogen) atoms. The minimum absolute atomic E-state index is 0.140. The first-order valence-corrected chi connectivity index (χ1v) is 9.06. The van der Waals surface area contributed by atoms with Gasteiger partial charge >= 0.3 is 0 Å². The van der Waals surface area contributed by atoms with Crippen LogP contribution >= 0.6 is 0 Å². The molecule has 1 saturated heterocycles. The van der Waals surface area contributed by atoms with Crippen molar-refractivity contribution >= 4 is 16.8 Å². The Morgan fingerprint density at radius 3 is 2.85 bits per heavy atom. The minimum atomic E-state index is 0.140. The van der Waals surface area contributed by atoms with Crippen molar-refractivity contribution in [1.82, 2.24) is 29.1 Å². The Kier molecular flexibility index (Phi) is 4.71. The van der Waals surface area contributed by atoms with Gasteiger partial charge in [-0.05, 0) is 12.5 Å². The molecule has 4 rings (SSSR count). The molecule has 0 atom stereocenters. The number of para-hydroxylation sites is 1. The van der Waals surface area contributed by atoms with Gasteiger partial charge in [0, 0.05) is 51.4 Å². The monoisotopic (exact) mass is 352 g/mol. The highest BCUT2D eigenvalue weighted by molar-refractivity contribution is 5.82. The van der Waals surface area contributed by atoms with E-state index in [2.05, 4.69) is 19.5 Å². The number of aromatic nitrogens is 4. The van der Waals surface area contributed by atoms with E-state index in [1.807, 2.05) is 54.9 Å². The van der Waals surface area contributed by atoms with Crippen LogP contribution in [-0.4, -0.2) is 61.2 Å². The Bertz CT molecular complexity index is 898. The smallest absolute Gasteiger partial charge is 0.244 e. The number of hydrogen-bond acceptors (Lipinski definition) is 4. The second-order valence-electron chi connectivity index (χ2n) is 6.87. The third kappa shape index (κ3) is 3.48. The van der Waals surface area contributed by atoms with Gasteiger partial charge in [0.25, 0.3) is 0 Å². The molecular weight excluding hydrogens is 328 g/mol. The summed E-state index contributed by atoms with van der Waals surface area (Å²) in [5.41, 5.74) is 2.21. The highest BCUT2D eigenvalue weighted by Gasteiger charge is 2.20. The van der Waals surface area contributed by atoms with Crippen molar-refractivity contribution < 1.29 is 4.79 Å². The van der Waals surface area contributed by atoms with E-state index in [1.54, 1.807) is 4.68 Å². The molecule has 0 saturated carbocycles. The summed E-state index contributed by atoms with van der Waals surface area (Å²) in [6.45, 7) is 4.63. The van der Waals surface area contributed by atoms with Crippen molar-refractivity contribution in [3.63, 3.8) is 0 Å². The summed E-state index contributed by atoms with van der Waals surface area (Å²) in [7, 11) is 2.02. The molecule has 0 N–H and O–H groups in total. The standard InChI is InChI=1S/C19H24N6O/c1-22-15-20-12-17(22)13-23-7-4-8-24(10-9-23)19(26)14-25-18-6-3-2-5-16(18)11-21-25/h2-3,5-6,11-12,15H,4,7-10,13-14H2,1H3. The molecule has 1 aromatic carbocycles. The van der Waals surface area contributed by atoms with Gasteiger partial charge in [-0.3, -0.25) is 14.4 Å². The maximum atomic E-state index is 12.8. The van der Waals surface area contributed by atoms with Gasteiger partial charge in [-0.25, -0.2) is 4.98 Å². The zero-order chi connectivity index (χ0) is 17.9. The first-order valence-electron chi connectivity index (χ1n) is 9.06. The molecule has 0 bridgehead atoms. The second kappa shape index (κ2) is 7.29. The largest absolute Gasteiger partial charge is 0.340 e. The van der Waals surface area contributed by atoms with Crippen molar-refractivity contribution in [2.24, 2.45) is 7.05 Å². The summed E-state index contributed by atoms with van der Waals surface area (Å²) in [5, 5.41) is 5.45. The Morgan fingerprint density at radius 2 is 2.00 bits per heavy atom. The number of benzene rings is 1. The molecule has 0 radical (unpaired) electrons. The van der Waals surface area contributed by atoms with Gasteiger partial charge in [-0.1, -0.05) is 18.2 Å². The number of hydrogen-bond donors (Lipinski definition) is 0. The third-order valence-electron chi connectivity index (χ3n) is 5.08. The van der Waals surface area contributed by atoms with Crippen LogP contribution < -0.4 is 0 Å². The van der Waals surface area contributed by atoms with E-state index < -0.39 is 0 Å². The molecule has 0 aliphatic carbocycles. The van der Waals surface area contributed by atoms with Gasteiger partial charge in [0.2, 0.25) is 5.91 Å². The molecule has 7 nitrogen and oxygen atoms in total. The molecule has 2 aromatic heterocycles. The molecule has 7 heteroatoms. The van der Waals surface area contributed by atoms with Crippen molar-refractivity contribution in [3.8, 4) is 0 Å². The zero-order valence-corrected chi connectivity index (χ0v) is 15.1. The van der Waals surface area contributed by atoms with Crippen LogP contribution in [0.3, 0.4) is 0 Å². The first kappa shape index (κ1) is 16.8. The predicted octanol–water partition coefficient (Wildman–Crippen LogP) is 1.50. The maximum Gasteiger partial charge on any atom is 0.244 e. The molecular formula is C19H24N6O. The Morgan fingerprint density at radius 1 is 1.12 bits per heavy atom. The van der Waals surface area contributed by atoms with Gasteiger partial charge in [-0.2, -0.15) is 5.10 Å². The predicted molar refractivity (Wildman–Crippen MR) is 99.4 cm³/mol. The lowest BCUT2D eigenvalue weighted by Crippen LogP contribution is -2.37. The van der Waals surface area contributed by atoms with E-state index in [1.165, 1.54) is 5.69 Å². The number of rotatable bonds is 4. The second-order valence-corrected chi connectivity index (χ2v) is 6.87. The fraction of sp³-hybridized carbons (Fsp3) is 0.421. The number of nitrogens with zero attached hydrogens (tertiary/aromatic N) is 6. The van der Waals surface area contributed by atoms with Gasteiger partial charge in [0.1, 0.15) is 6.54 Å². The average Bonchev–Trinajstić information content (AvgIpc) is 3.15. The van der Waals surface area contributed by atoms with Crippen LogP contribution in [0.5, 0.6) is 0 Å². The fourth-order valence-electron chi connectivity index (χ4n) is 3.52. The number of amides is 1. The van der Waals surface area contributed by atoms with E-state index in [-0.39, 0.29) is 5.91 Å². The van der Waals surface area contributed by atoms with E-state index in [4.69, 9.17) is 0 Å². The van der Waals surface area contributed by atoms with Crippen LogP contribution in [0.25, 0.3) is 10.9 Å². The summed E-state index contributed by atoms with van der Waals surface area (Å²) in [6, 6.07) is 7.99. The van der Waals surface area contributed by atoms with Crippen LogP contribution in [0.15, 0.2) is 43.0 Å². The van der Waals surface area contributed by atoms with Crippen LogP contribution in [0.2, 0.25) is 0 Å². The van der Waals surface area contributed by atoms with Gasteiger partial charge < -0.3 is 9.47 Å². The molecule has 1 fully saturated rings. The lowest BCUT2D eigenvalue weighted by Gasteiger charge is -2.22. The van der Waals surface area contributed by atoms with E-state index >= 15 is 0 Å². The van der Waals surface area contributed by atoms with Crippen LogP contribution in [0.4, 0.5) is 0 Å². The molecule has 3 heterocycles. The molecule has 0 spiro atoms. The van der Waals surface area contributed by atoms with Crippen molar-refractivity contribution in [1.29, 1.82) is 0 Å². The van der Waals surface area contributed by atoms with Gasteiger partial charge in [0.15, 0.2) is 0 Å². The van der Waals surface area contributed by atoms with Gasteiger partial charge in [0.05, 0.1) is 23.7 Å². The highest BCUT2D eigenvalue weighted by Crippen LogP contribution is 2.14. The maximum absolute atomic E-state index is 12.8. The fourth-order valence-corrected chi connectivity index (χ4v) is 3.52. The first-order chi connectivity index (χ1) is 12.7. The number of carbonyl (C=O) groups is 1. The minimum Gasteiger partial charge on any atom is -0.340 e. The SMILES string of the molecule is Cn1cncc1CN1CCCN(C(=O)Cn2ncc3ccccc32)CC1. The summed E-state index contributed by atoms with van der Waals surface area (Å²) >= 11 is 0. The van der Waals surface area contributed by atoms with E-state index in [0.717, 1.165) is 50.0 Å². The van der Waals surface area contributed by atoms with Crippen molar-refractivity contribution in [2.75, 3.05) is 26.2 Å². The number of fused-ring (bicyclic) bond motifs is 1. The Labute approximate surface area is 152 Å². The molecule has 3 aromatic rings. The van der Waals surface area contributed by atoms with Crippen LogP contribution in [0, 0.1) is 0 Å². The van der Waals surface area contributed by atoms with E-state index in [0.29, 0.717) is 6.54 Å². The third-order valence-corrected chi connectivity index (χ3v) is 5.08.